The zero-order valence-electron chi connectivity index (χ0n) is 19.3. The van der Waals surface area contributed by atoms with Crippen LogP contribution in [0, 0.1) is 12.7 Å². The number of fused-ring (bicyclic) bond motifs is 1. The van der Waals surface area contributed by atoms with Crippen LogP contribution in [-0.4, -0.2) is 57.0 Å². The first-order chi connectivity index (χ1) is 15.7. The number of pyridine rings is 1. The zero-order valence-corrected chi connectivity index (χ0v) is 19.3. The molecule has 0 spiro atoms. The van der Waals surface area contributed by atoms with Crippen LogP contribution in [-0.2, 0) is 4.79 Å². The molecule has 2 aromatic heterocycles. The van der Waals surface area contributed by atoms with Crippen molar-refractivity contribution in [2.45, 2.75) is 33.6 Å². The number of benzene rings is 1. The molecule has 2 heterocycles. The van der Waals surface area contributed by atoms with Gasteiger partial charge in [0.1, 0.15) is 24.6 Å². The van der Waals surface area contributed by atoms with E-state index in [1.54, 1.807) is 32.3 Å². The number of hydrogen-bond acceptors (Lipinski definition) is 7. The van der Waals surface area contributed by atoms with Gasteiger partial charge in [-0.15, -0.1) is 0 Å². The summed E-state index contributed by atoms with van der Waals surface area (Å²) in [5.74, 6) is -0.129. The van der Waals surface area contributed by atoms with Crippen molar-refractivity contribution in [3.63, 3.8) is 0 Å². The van der Waals surface area contributed by atoms with E-state index in [1.807, 2.05) is 13.8 Å². The van der Waals surface area contributed by atoms with E-state index in [9.17, 15) is 14.7 Å². The lowest BCUT2D eigenvalue weighted by atomic mass is 9.97. The van der Waals surface area contributed by atoms with Crippen molar-refractivity contribution < 1.29 is 14.3 Å². The molecule has 174 valence electrons. The lowest BCUT2D eigenvalue weighted by Gasteiger charge is -2.22. The molecule has 0 aliphatic rings. The molecule has 3 rings (SSSR count). The van der Waals surface area contributed by atoms with E-state index in [2.05, 4.69) is 15.1 Å². The summed E-state index contributed by atoms with van der Waals surface area (Å²) in [5.41, 5.74) is 1.24. The van der Waals surface area contributed by atoms with E-state index >= 15 is 4.39 Å². The second kappa shape index (κ2) is 9.86. The Labute approximate surface area is 190 Å². The van der Waals surface area contributed by atoms with Gasteiger partial charge in [0.25, 0.3) is 5.56 Å². The molecule has 1 aromatic carbocycles. The Hall–Kier alpha value is -3.66. The van der Waals surface area contributed by atoms with Crippen LogP contribution in [0.5, 0.6) is 0 Å². The Morgan fingerprint density at radius 3 is 2.64 bits per heavy atom. The normalized spacial score (nSPS) is 11.8. The Balaban J connectivity index is 2.25. The molecule has 0 saturated heterocycles. The number of halogens is 1. The highest BCUT2D eigenvalue weighted by atomic mass is 19.1. The van der Waals surface area contributed by atoms with Gasteiger partial charge in [-0.05, 0) is 42.8 Å². The first-order valence-corrected chi connectivity index (χ1v) is 10.5. The van der Waals surface area contributed by atoms with Crippen molar-refractivity contribution in [1.82, 2.24) is 19.4 Å². The van der Waals surface area contributed by atoms with Gasteiger partial charge in [-0.2, -0.15) is 5.10 Å². The number of hydrazone groups is 1. The molecule has 0 unspecified atom stereocenters. The predicted octanol–water partition coefficient (Wildman–Crippen LogP) is 2.57. The molecule has 1 amide bonds. The maximum Gasteiger partial charge on any atom is 0.264 e. The summed E-state index contributed by atoms with van der Waals surface area (Å²) in [5, 5.41) is 15.9. The van der Waals surface area contributed by atoms with Crippen LogP contribution in [0.4, 0.5) is 10.1 Å². The number of carbonyl (C=O) groups is 1. The van der Waals surface area contributed by atoms with E-state index in [4.69, 9.17) is 0 Å². The van der Waals surface area contributed by atoms with Crippen molar-refractivity contribution in [2.75, 3.05) is 25.2 Å². The van der Waals surface area contributed by atoms with Crippen LogP contribution in [0.15, 0.2) is 40.7 Å². The quantitative estimate of drug-likeness (QED) is 0.255. The van der Waals surface area contributed by atoms with Crippen LogP contribution in [0.3, 0.4) is 0 Å². The number of rotatable bonds is 7. The lowest BCUT2D eigenvalue weighted by Crippen LogP contribution is -2.34. The second-order valence-electron chi connectivity index (χ2n) is 7.88. The van der Waals surface area contributed by atoms with Crippen LogP contribution < -0.4 is 10.6 Å². The van der Waals surface area contributed by atoms with Crippen LogP contribution in [0.25, 0.3) is 16.6 Å². The van der Waals surface area contributed by atoms with Gasteiger partial charge >= 0.3 is 0 Å². The number of likely N-dealkylation sites (N-methyl/N-ethyl adjacent to an activating group) is 1. The first-order valence-electron chi connectivity index (χ1n) is 10.5. The predicted molar refractivity (Wildman–Crippen MR) is 125 cm³/mol. The molecule has 9 nitrogen and oxygen atoms in total. The molecule has 33 heavy (non-hydrogen) atoms. The van der Waals surface area contributed by atoms with E-state index < -0.39 is 18.0 Å². The van der Waals surface area contributed by atoms with Crippen LogP contribution >= 0.6 is 0 Å². The van der Waals surface area contributed by atoms with Gasteiger partial charge in [0.15, 0.2) is 5.84 Å². The van der Waals surface area contributed by atoms with Gasteiger partial charge in [-0.1, -0.05) is 13.8 Å². The Morgan fingerprint density at radius 2 is 2.06 bits per heavy atom. The number of aryl methyl sites for hydroxylation is 1. The minimum atomic E-state index is -0.663. The number of amidine groups is 1. The van der Waals surface area contributed by atoms with Gasteiger partial charge < -0.3 is 5.11 Å². The van der Waals surface area contributed by atoms with Crippen molar-refractivity contribution in [3.8, 4) is 5.82 Å². The fourth-order valence-corrected chi connectivity index (χ4v) is 3.61. The Kier molecular flexibility index (Phi) is 7.17. The number of carbonyl (C=O) groups excluding carboxylic acids is 1. The average molecular weight is 455 g/mol. The van der Waals surface area contributed by atoms with Crippen molar-refractivity contribution in [3.05, 3.63) is 58.2 Å². The first kappa shape index (κ1) is 24.0. The number of aromatic nitrogens is 3. The van der Waals surface area contributed by atoms with Crippen LogP contribution in [0.1, 0.15) is 37.8 Å². The molecule has 0 radical (unpaired) electrons. The number of anilines is 1. The van der Waals surface area contributed by atoms with Gasteiger partial charge in [0.2, 0.25) is 6.41 Å². The zero-order chi connectivity index (χ0) is 24.3. The summed E-state index contributed by atoms with van der Waals surface area (Å²) >= 11 is 0. The summed E-state index contributed by atoms with van der Waals surface area (Å²) in [6, 6.07) is 2.75. The fraction of sp³-hybridized carbons (Fsp3) is 0.348. The highest BCUT2D eigenvalue weighted by Crippen LogP contribution is 2.30. The maximum atomic E-state index is 15.2. The molecule has 0 bridgehead atoms. The highest BCUT2D eigenvalue weighted by molar-refractivity contribution is 5.93. The van der Waals surface area contributed by atoms with E-state index in [0.29, 0.717) is 29.7 Å². The third kappa shape index (κ3) is 4.61. The molecular weight excluding hydrogens is 427 g/mol. The molecule has 1 N–H and O–H groups in total. The SMILES string of the molecule is CCN(C=O)/C(CO)=N\N(C)c1cc2c(C(C)C)cn(-c3ncncc3C)c(=O)c2cc1F. The Morgan fingerprint density at radius 1 is 1.33 bits per heavy atom. The molecule has 0 atom stereocenters. The number of aliphatic hydroxyl groups is 1. The molecule has 0 aliphatic heterocycles. The number of hydrogen-bond donors (Lipinski definition) is 1. The highest BCUT2D eigenvalue weighted by Gasteiger charge is 2.19. The van der Waals surface area contributed by atoms with Gasteiger partial charge in [0.05, 0.1) is 11.1 Å². The standard InChI is InChI=1S/C23H27FN6O3/c1-6-29(13-32)21(11-31)27-28(5)20-8-16-17(7-19(20)24)23(33)30(10-18(16)14(2)3)22-15(4)9-25-12-26-22/h7-10,12-14,31H,6,11H2,1-5H3/b27-21-. The minimum Gasteiger partial charge on any atom is -0.388 e. The third-order valence-electron chi connectivity index (χ3n) is 5.39. The molecule has 0 aliphatic carbocycles. The maximum absolute atomic E-state index is 15.2. The van der Waals surface area contributed by atoms with Gasteiger partial charge in [-0.3, -0.25) is 24.1 Å². The summed E-state index contributed by atoms with van der Waals surface area (Å²) < 4.78 is 16.6. The molecule has 0 saturated carbocycles. The summed E-state index contributed by atoms with van der Waals surface area (Å²) in [6.45, 7) is 7.30. The smallest absolute Gasteiger partial charge is 0.264 e. The molecule has 0 fully saturated rings. The largest absolute Gasteiger partial charge is 0.388 e. The lowest BCUT2D eigenvalue weighted by molar-refractivity contribution is -0.114. The molecular formula is C23H27FN6O3. The number of amides is 1. The Bertz CT molecular complexity index is 1270. The monoisotopic (exact) mass is 454 g/mol. The average Bonchev–Trinajstić information content (AvgIpc) is 2.79. The number of nitrogens with zero attached hydrogens (tertiary/aromatic N) is 6. The van der Waals surface area contributed by atoms with Crippen molar-refractivity contribution in [1.29, 1.82) is 0 Å². The van der Waals surface area contributed by atoms with Gasteiger partial charge in [-0.25, -0.2) is 14.4 Å². The molecule has 3 aromatic rings. The topological polar surface area (TPSA) is 104 Å². The fourth-order valence-electron chi connectivity index (χ4n) is 3.61. The van der Waals surface area contributed by atoms with Crippen LogP contribution in [0.2, 0.25) is 0 Å². The second-order valence-corrected chi connectivity index (χ2v) is 7.88. The van der Waals surface area contributed by atoms with Gasteiger partial charge in [0, 0.05) is 31.5 Å². The minimum absolute atomic E-state index is 0.0206. The van der Waals surface area contributed by atoms with E-state index in [0.717, 1.165) is 5.56 Å². The van der Waals surface area contributed by atoms with E-state index in [1.165, 1.54) is 33.9 Å². The summed E-state index contributed by atoms with van der Waals surface area (Å²) in [6.07, 6.45) is 5.25. The summed E-state index contributed by atoms with van der Waals surface area (Å²) in [7, 11) is 1.51. The molecule has 10 heteroatoms. The van der Waals surface area contributed by atoms with Crippen molar-refractivity contribution >= 4 is 28.7 Å². The number of aliphatic hydroxyl groups excluding tert-OH is 1. The third-order valence-corrected chi connectivity index (χ3v) is 5.39. The summed E-state index contributed by atoms with van der Waals surface area (Å²) in [4.78, 5) is 33.9. The van der Waals surface area contributed by atoms with Crippen molar-refractivity contribution in [2.24, 2.45) is 5.10 Å². The van der Waals surface area contributed by atoms with E-state index in [-0.39, 0.29) is 22.8 Å².